The summed E-state index contributed by atoms with van der Waals surface area (Å²) in [5.74, 6) is 0.817. The number of amides is 1. The van der Waals surface area contributed by atoms with Crippen LogP contribution in [0.2, 0.25) is 0 Å². The molecule has 1 aromatic carbocycles. The highest BCUT2D eigenvalue weighted by Gasteiger charge is 2.24. The van der Waals surface area contributed by atoms with Gasteiger partial charge < -0.3 is 14.5 Å². The van der Waals surface area contributed by atoms with Crippen LogP contribution in [-0.2, 0) is 0 Å². The second-order valence-electron chi connectivity index (χ2n) is 6.00. The third-order valence-electron chi connectivity index (χ3n) is 4.33. The third-order valence-corrected chi connectivity index (χ3v) is 5.31. The van der Waals surface area contributed by atoms with Crippen LogP contribution in [-0.4, -0.2) is 58.7 Å². The van der Waals surface area contributed by atoms with E-state index in [9.17, 15) is 4.79 Å². The summed E-state index contributed by atoms with van der Waals surface area (Å²) in [6.45, 7) is 4.89. The predicted octanol–water partition coefficient (Wildman–Crippen LogP) is 2.07. The number of carbonyl (C=O) groups excluding carboxylic acids is 1. The monoisotopic (exact) mass is 357 g/mol. The van der Waals surface area contributed by atoms with Crippen molar-refractivity contribution in [1.29, 1.82) is 0 Å². The van der Waals surface area contributed by atoms with E-state index in [4.69, 9.17) is 4.74 Å². The molecular formula is C17H19N5O2S. The molecular weight excluding hydrogens is 338 g/mol. The third kappa shape index (κ3) is 3.05. The number of aromatic nitrogens is 3. The van der Waals surface area contributed by atoms with Gasteiger partial charge in [-0.1, -0.05) is 11.3 Å². The van der Waals surface area contributed by atoms with Crippen molar-refractivity contribution in [3.63, 3.8) is 0 Å². The van der Waals surface area contributed by atoms with Crippen LogP contribution in [0.15, 0.2) is 30.5 Å². The molecule has 25 heavy (non-hydrogen) atoms. The Labute approximate surface area is 149 Å². The number of methoxy groups -OCH3 is 1. The van der Waals surface area contributed by atoms with Gasteiger partial charge in [-0.2, -0.15) is 0 Å². The Bertz CT molecular complexity index is 862. The van der Waals surface area contributed by atoms with E-state index in [1.807, 2.05) is 46.8 Å². The standard InChI is InChI=1S/C17H19N5O2S/c1-12-11-22-16(18-12)25-17(19-22)21-9-7-20(8-10-21)15(23)13-3-5-14(24-2)6-4-13/h3-6,11H,7-10H2,1-2H3. The maximum absolute atomic E-state index is 12.6. The number of benzene rings is 1. The van der Waals surface area contributed by atoms with Gasteiger partial charge >= 0.3 is 0 Å². The molecule has 130 valence electrons. The van der Waals surface area contributed by atoms with Gasteiger partial charge in [0.25, 0.3) is 5.91 Å². The second-order valence-corrected chi connectivity index (χ2v) is 6.94. The van der Waals surface area contributed by atoms with Gasteiger partial charge in [-0.25, -0.2) is 9.50 Å². The smallest absolute Gasteiger partial charge is 0.253 e. The summed E-state index contributed by atoms with van der Waals surface area (Å²) in [5, 5.41) is 5.54. The molecule has 0 N–H and O–H groups in total. The van der Waals surface area contributed by atoms with Crippen molar-refractivity contribution in [3.8, 4) is 5.75 Å². The lowest BCUT2D eigenvalue weighted by Gasteiger charge is -2.34. The predicted molar refractivity (Wildman–Crippen MR) is 96.7 cm³/mol. The maximum atomic E-state index is 12.6. The van der Waals surface area contributed by atoms with Crippen LogP contribution in [0, 0.1) is 6.92 Å². The van der Waals surface area contributed by atoms with Crippen molar-refractivity contribution in [2.45, 2.75) is 6.92 Å². The highest BCUT2D eigenvalue weighted by Crippen LogP contribution is 2.24. The SMILES string of the molecule is COc1ccc(C(=O)N2CCN(c3nn4cc(C)nc4s3)CC2)cc1. The molecule has 4 rings (SSSR count). The molecule has 1 amide bonds. The Morgan fingerprint density at radius 2 is 1.88 bits per heavy atom. The van der Waals surface area contributed by atoms with E-state index in [2.05, 4.69) is 15.0 Å². The first-order valence-electron chi connectivity index (χ1n) is 8.15. The number of imidazole rings is 1. The highest BCUT2D eigenvalue weighted by molar-refractivity contribution is 7.20. The van der Waals surface area contributed by atoms with E-state index in [-0.39, 0.29) is 5.91 Å². The summed E-state index contributed by atoms with van der Waals surface area (Å²) in [6.07, 6.45) is 1.93. The van der Waals surface area contributed by atoms with Crippen molar-refractivity contribution in [2.24, 2.45) is 0 Å². The zero-order chi connectivity index (χ0) is 17.4. The lowest BCUT2D eigenvalue weighted by atomic mass is 10.1. The van der Waals surface area contributed by atoms with E-state index in [0.717, 1.165) is 34.6 Å². The van der Waals surface area contributed by atoms with Gasteiger partial charge in [0.05, 0.1) is 19.0 Å². The average molecular weight is 357 g/mol. The lowest BCUT2D eigenvalue weighted by Crippen LogP contribution is -2.48. The number of carbonyl (C=O) groups is 1. The minimum Gasteiger partial charge on any atom is -0.497 e. The fraction of sp³-hybridized carbons (Fsp3) is 0.353. The summed E-state index contributed by atoms with van der Waals surface area (Å²) in [5.41, 5.74) is 1.66. The fourth-order valence-electron chi connectivity index (χ4n) is 2.94. The molecule has 3 heterocycles. The zero-order valence-electron chi connectivity index (χ0n) is 14.2. The average Bonchev–Trinajstić information content (AvgIpc) is 3.19. The molecule has 3 aromatic rings. The van der Waals surface area contributed by atoms with Crippen LogP contribution in [0.3, 0.4) is 0 Å². The van der Waals surface area contributed by atoms with E-state index in [0.29, 0.717) is 18.7 Å². The minimum atomic E-state index is 0.0619. The summed E-state index contributed by atoms with van der Waals surface area (Å²) in [6, 6.07) is 7.26. The van der Waals surface area contributed by atoms with Crippen molar-refractivity contribution in [3.05, 3.63) is 41.7 Å². The fourth-order valence-corrected chi connectivity index (χ4v) is 3.92. The molecule has 7 nitrogen and oxygen atoms in total. The van der Waals surface area contributed by atoms with Gasteiger partial charge in [0, 0.05) is 31.7 Å². The van der Waals surface area contributed by atoms with Crippen LogP contribution < -0.4 is 9.64 Å². The summed E-state index contributed by atoms with van der Waals surface area (Å²) < 4.78 is 6.96. The summed E-state index contributed by atoms with van der Waals surface area (Å²) in [7, 11) is 1.62. The molecule has 0 atom stereocenters. The summed E-state index contributed by atoms with van der Waals surface area (Å²) in [4.78, 5) is 22.1. The number of ether oxygens (including phenoxy) is 1. The van der Waals surface area contributed by atoms with Gasteiger partial charge in [-0.05, 0) is 31.2 Å². The van der Waals surface area contributed by atoms with Gasteiger partial charge in [0.15, 0.2) is 0 Å². The largest absolute Gasteiger partial charge is 0.497 e. The van der Waals surface area contributed by atoms with Crippen molar-refractivity contribution >= 4 is 27.3 Å². The lowest BCUT2D eigenvalue weighted by molar-refractivity contribution is 0.0746. The van der Waals surface area contributed by atoms with Gasteiger partial charge in [0.2, 0.25) is 10.1 Å². The molecule has 1 fully saturated rings. The maximum Gasteiger partial charge on any atom is 0.253 e. The zero-order valence-corrected chi connectivity index (χ0v) is 15.0. The van der Waals surface area contributed by atoms with Crippen LogP contribution >= 0.6 is 11.3 Å². The Morgan fingerprint density at radius 3 is 2.52 bits per heavy atom. The first-order valence-corrected chi connectivity index (χ1v) is 8.97. The quantitative estimate of drug-likeness (QED) is 0.718. The molecule has 1 aliphatic heterocycles. The topological polar surface area (TPSA) is 63.0 Å². The number of piperazine rings is 1. The number of hydrogen-bond donors (Lipinski definition) is 0. The number of aryl methyl sites for hydroxylation is 1. The van der Waals surface area contributed by atoms with Crippen molar-refractivity contribution in [1.82, 2.24) is 19.5 Å². The molecule has 8 heteroatoms. The molecule has 0 unspecified atom stereocenters. The molecule has 1 aliphatic rings. The van der Waals surface area contributed by atoms with E-state index >= 15 is 0 Å². The molecule has 0 saturated carbocycles. The van der Waals surface area contributed by atoms with E-state index in [1.54, 1.807) is 18.4 Å². The van der Waals surface area contributed by atoms with E-state index in [1.165, 1.54) is 0 Å². The van der Waals surface area contributed by atoms with Crippen LogP contribution in [0.4, 0.5) is 5.13 Å². The summed E-state index contributed by atoms with van der Waals surface area (Å²) >= 11 is 1.58. The Hall–Kier alpha value is -2.61. The van der Waals surface area contributed by atoms with Crippen LogP contribution in [0.1, 0.15) is 16.1 Å². The minimum absolute atomic E-state index is 0.0619. The normalized spacial score (nSPS) is 15.0. The molecule has 0 aliphatic carbocycles. The Balaban J connectivity index is 1.41. The number of nitrogens with zero attached hydrogens (tertiary/aromatic N) is 5. The molecule has 0 radical (unpaired) electrons. The Morgan fingerprint density at radius 1 is 1.16 bits per heavy atom. The second kappa shape index (κ2) is 6.36. The molecule has 2 aromatic heterocycles. The molecule has 0 bridgehead atoms. The van der Waals surface area contributed by atoms with Crippen molar-refractivity contribution < 1.29 is 9.53 Å². The van der Waals surface area contributed by atoms with E-state index < -0.39 is 0 Å². The van der Waals surface area contributed by atoms with Gasteiger partial charge in [-0.3, -0.25) is 4.79 Å². The highest BCUT2D eigenvalue weighted by atomic mass is 32.1. The number of anilines is 1. The number of hydrogen-bond acceptors (Lipinski definition) is 6. The first kappa shape index (κ1) is 15.9. The van der Waals surface area contributed by atoms with Crippen LogP contribution in [0.5, 0.6) is 5.75 Å². The number of rotatable bonds is 3. The van der Waals surface area contributed by atoms with Crippen molar-refractivity contribution in [2.75, 3.05) is 38.2 Å². The Kier molecular flexibility index (Phi) is 4.04. The number of fused-ring (bicyclic) bond motifs is 1. The molecule has 1 saturated heterocycles. The van der Waals surface area contributed by atoms with Gasteiger partial charge in [-0.15, -0.1) is 5.10 Å². The van der Waals surface area contributed by atoms with Gasteiger partial charge in [0.1, 0.15) is 5.75 Å². The first-order chi connectivity index (χ1) is 12.1. The molecule has 0 spiro atoms. The van der Waals surface area contributed by atoms with Crippen LogP contribution in [0.25, 0.3) is 4.96 Å².